The summed E-state index contributed by atoms with van der Waals surface area (Å²) in [6.07, 6.45) is 3.61. The summed E-state index contributed by atoms with van der Waals surface area (Å²) >= 11 is 0. The number of pyridine rings is 1. The van der Waals surface area contributed by atoms with Crippen molar-refractivity contribution in [3.8, 4) is 0 Å². The molecular weight excluding hydrogens is 194 g/mol. The predicted octanol–water partition coefficient (Wildman–Crippen LogP) is 3.79. The van der Waals surface area contributed by atoms with Crippen LogP contribution in [0.5, 0.6) is 0 Å². The maximum Gasteiger partial charge on any atom is 0.0702 e. The first-order valence-corrected chi connectivity index (χ1v) is 5.15. The Balaban J connectivity index is 2.46. The van der Waals surface area contributed by atoms with Gasteiger partial charge in [0, 0.05) is 11.8 Å². The fourth-order valence-corrected chi connectivity index (χ4v) is 1.63. The van der Waals surface area contributed by atoms with Crippen molar-refractivity contribution in [3.63, 3.8) is 0 Å². The van der Waals surface area contributed by atoms with Crippen molar-refractivity contribution < 1.29 is 0 Å². The predicted molar refractivity (Wildman–Crippen MR) is 68.9 cm³/mol. The molecule has 0 aliphatic rings. The molecule has 1 aromatic heterocycles. The van der Waals surface area contributed by atoms with Gasteiger partial charge in [0.15, 0.2) is 0 Å². The van der Waals surface area contributed by atoms with Gasteiger partial charge in [-0.25, -0.2) is 0 Å². The molecule has 2 aromatic rings. The summed E-state index contributed by atoms with van der Waals surface area (Å²) in [5.74, 6) is 0. The Labute approximate surface area is 95.8 Å². The monoisotopic (exact) mass is 207 g/mol. The Morgan fingerprint density at radius 1 is 1.06 bits per heavy atom. The molecule has 0 radical (unpaired) electrons. The molecule has 0 saturated heterocycles. The average Bonchev–Trinajstić information content (AvgIpc) is 2.39. The van der Waals surface area contributed by atoms with Gasteiger partial charge in [0.2, 0.25) is 0 Å². The highest BCUT2D eigenvalue weighted by Gasteiger charge is 2.05. The summed E-state index contributed by atoms with van der Waals surface area (Å²) in [7, 11) is 0. The lowest BCUT2D eigenvalue weighted by Gasteiger charge is -2.08. The van der Waals surface area contributed by atoms with Crippen LogP contribution in [0.2, 0.25) is 0 Å². The summed E-state index contributed by atoms with van der Waals surface area (Å²) in [6, 6.07) is 13.9. The molecule has 78 valence electrons. The van der Waals surface area contributed by atoms with E-state index < -0.39 is 0 Å². The molecule has 0 N–H and O–H groups in total. The highest BCUT2D eigenvalue weighted by Crippen LogP contribution is 2.23. The Hall–Kier alpha value is -2.15. The zero-order valence-electron chi connectivity index (χ0n) is 9.06. The highest BCUT2D eigenvalue weighted by molar-refractivity contribution is 5.81. The van der Waals surface area contributed by atoms with Gasteiger partial charge in [-0.2, -0.15) is 0 Å². The van der Waals surface area contributed by atoms with E-state index in [1.54, 1.807) is 6.20 Å². The molecule has 0 spiro atoms. The number of aromatic nitrogens is 1. The average molecular weight is 207 g/mol. The lowest BCUT2D eigenvalue weighted by atomic mass is 9.98. The molecule has 0 atom stereocenters. The number of benzene rings is 1. The van der Waals surface area contributed by atoms with Crippen molar-refractivity contribution in [1.29, 1.82) is 0 Å². The molecule has 0 aliphatic heterocycles. The van der Waals surface area contributed by atoms with E-state index in [-0.39, 0.29) is 0 Å². The van der Waals surface area contributed by atoms with Crippen LogP contribution in [0.1, 0.15) is 16.8 Å². The van der Waals surface area contributed by atoms with Crippen molar-refractivity contribution in [2.75, 3.05) is 0 Å². The Bertz CT molecular complexity index is 512. The largest absolute Gasteiger partial charge is 0.256 e. The molecule has 2 rings (SSSR count). The van der Waals surface area contributed by atoms with Crippen LogP contribution in [-0.2, 0) is 0 Å². The topological polar surface area (TPSA) is 12.9 Å². The number of hydrogen-bond donors (Lipinski definition) is 0. The second-order valence-electron chi connectivity index (χ2n) is 3.48. The molecule has 1 heterocycles. The lowest BCUT2D eigenvalue weighted by molar-refractivity contribution is 1.27. The molecule has 16 heavy (non-hydrogen) atoms. The maximum atomic E-state index is 4.30. The summed E-state index contributed by atoms with van der Waals surface area (Å²) in [5, 5.41) is 0. The fourth-order valence-electron chi connectivity index (χ4n) is 1.63. The summed E-state index contributed by atoms with van der Waals surface area (Å²) < 4.78 is 0. The minimum atomic E-state index is 0.900. The van der Waals surface area contributed by atoms with Crippen LogP contribution < -0.4 is 0 Å². The smallest absolute Gasteiger partial charge is 0.0702 e. The summed E-state index contributed by atoms with van der Waals surface area (Å²) in [4.78, 5) is 4.30. The van der Waals surface area contributed by atoms with E-state index in [0.717, 1.165) is 22.4 Å². The second kappa shape index (κ2) is 4.58. The second-order valence-corrected chi connectivity index (χ2v) is 3.48. The number of hydrogen-bond acceptors (Lipinski definition) is 1. The molecule has 0 unspecified atom stereocenters. The Morgan fingerprint density at radius 2 is 1.81 bits per heavy atom. The van der Waals surface area contributed by atoms with Gasteiger partial charge in [-0.1, -0.05) is 49.6 Å². The van der Waals surface area contributed by atoms with Gasteiger partial charge in [-0.3, -0.25) is 4.98 Å². The fraction of sp³-hybridized carbons (Fsp3) is 0. The highest BCUT2D eigenvalue weighted by atomic mass is 14.7. The number of nitrogens with zero attached hydrogens (tertiary/aromatic N) is 1. The van der Waals surface area contributed by atoms with Gasteiger partial charge < -0.3 is 0 Å². The quantitative estimate of drug-likeness (QED) is 0.746. The van der Waals surface area contributed by atoms with E-state index in [4.69, 9.17) is 0 Å². The SMILES string of the molecule is C=Cc1ccccc1C(=C)c1ccccn1. The maximum absolute atomic E-state index is 4.30. The van der Waals surface area contributed by atoms with Crippen LogP contribution in [-0.4, -0.2) is 4.98 Å². The van der Waals surface area contributed by atoms with Gasteiger partial charge in [0.25, 0.3) is 0 Å². The van der Waals surface area contributed by atoms with E-state index in [2.05, 4.69) is 18.1 Å². The van der Waals surface area contributed by atoms with Crippen molar-refractivity contribution in [2.24, 2.45) is 0 Å². The summed E-state index contributed by atoms with van der Waals surface area (Å²) in [6.45, 7) is 7.90. The molecule has 0 saturated carbocycles. The Morgan fingerprint density at radius 3 is 2.50 bits per heavy atom. The molecule has 0 bridgehead atoms. The summed E-state index contributed by atoms with van der Waals surface area (Å²) in [5.41, 5.74) is 3.99. The van der Waals surface area contributed by atoms with Gasteiger partial charge in [0.05, 0.1) is 5.69 Å². The van der Waals surface area contributed by atoms with E-state index in [9.17, 15) is 0 Å². The zero-order valence-corrected chi connectivity index (χ0v) is 9.06. The third kappa shape index (κ3) is 1.94. The van der Waals surface area contributed by atoms with Crippen LogP contribution in [0.15, 0.2) is 61.8 Å². The van der Waals surface area contributed by atoms with Crippen LogP contribution in [0, 0.1) is 0 Å². The first kappa shape index (κ1) is 10.4. The molecule has 0 aliphatic carbocycles. The van der Waals surface area contributed by atoms with E-state index in [1.165, 1.54) is 0 Å². The van der Waals surface area contributed by atoms with E-state index >= 15 is 0 Å². The molecular formula is C15H13N. The van der Waals surface area contributed by atoms with Crippen LogP contribution in [0.25, 0.3) is 11.6 Å². The minimum absolute atomic E-state index is 0.900. The molecule has 1 heteroatoms. The van der Waals surface area contributed by atoms with Crippen LogP contribution in [0.4, 0.5) is 0 Å². The van der Waals surface area contributed by atoms with Gasteiger partial charge in [-0.15, -0.1) is 0 Å². The zero-order chi connectivity index (χ0) is 11.4. The van der Waals surface area contributed by atoms with Crippen LogP contribution >= 0.6 is 0 Å². The first-order valence-electron chi connectivity index (χ1n) is 5.15. The number of rotatable bonds is 3. The standard InChI is InChI=1S/C15H13N/c1-3-13-8-4-5-9-14(13)12(2)15-10-6-7-11-16-15/h3-11H,1-2H2. The normalized spacial score (nSPS) is 9.75. The Kier molecular flexibility index (Phi) is 2.97. The third-order valence-corrected chi connectivity index (χ3v) is 2.48. The van der Waals surface area contributed by atoms with E-state index in [1.807, 2.05) is 48.5 Å². The van der Waals surface area contributed by atoms with Gasteiger partial charge >= 0.3 is 0 Å². The third-order valence-electron chi connectivity index (χ3n) is 2.48. The van der Waals surface area contributed by atoms with Gasteiger partial charge in [-0.05, 0) is 23.3 Å². The first-order chi connectivity index (χ1) is 7.83. The van der Waals surface area contributed by atoms with Crippen molar-refractivity contribution in [1.82, 2.24) is 4.98 Å². The van der Waals surface area contributed by atoms with Crippen LogP contribution in [0.3, 0.4) is 0 Å². The van der Waals surface area contributed by atoms with Crippen molar-refractivity contribution in [2.45, 2.75) is 0 Å². The molecule has 0 amide bonds. The lowest BCUT2D eigenvalue weighted by Crippen LogP contribution is -1.91. The van der Waals surface area contributed by atoms with E-state index in [0.29, 0.717) is 0 Å². The van der Waals surface area contributed by atoms with Gasteiger partial charge in [0.1, 0.15) is 0 Å². The molecule has 1 nitrogen and oxygen atoms in total. The van der Waals surface area contributed by atoms with Crippen molar-refractivity contribution >= 4 is 11.6 Å². The molecule has 1 aromatic carbocycles. The molecule has 0 fully saturated rings. The minimum Gasteiger partial charge on any atom is -0.256 e. The van der Waals surface area contributed by atoms with Crippen molar-refractivity contribution in [3.05, 3.63) is 78.6 Å².